The SMILES string of the molecule is O=C1CSCC1Cc1ccc(Br)cc1Cl. The molecule has 0 saturated carbocycles. The standard InChI is InChI=1S/C11H10BrClOS/c12-9-2-1-7(10(13)4-9)3-8-5-15-6-11(8)14/h1-2,4,8H,3,5-6H2. The second-order valence-corrected chi connectivity index (χ2v) is 5.97. The molecule has 0 spiro atoms. The number of thioether (sulfide) groups is 1. The highest BCUT2D eigenvalue weighted by Gasteiger charge is 2.25. The fourth-order valence-corrected chi connectivity index (χ4v) is 3.53. The smallest absolute Gasteiger partial charge is 0.146 e. The van der Waals surface area contributed by atoms with Gasteiger partial charge in [0.25, 0.3) is 0 Å². The minimum absolute atomic E-state index is 0.161. The molecular weight excluding hydrogens is 296 g/mol. The molecule has 15 heavy (non-hydrogen) atoms. The van der Waals surface area contributed by atoms with Crippen molar-refractivity contribution in [3.63, 3.8) is 0 Å². The van der Waals surface area contributed by atoms with Gasteiger partial charge in [-0.2, -0.15) is 11.8 Å². The van der Waals surface area contributed by atoms with E-state index in [0.29, 0.717) is 11.5 Å². The molecule has 0 aliphatic carbocycles. The molecule has 1 aliphatic heterocycles. The molecule has 0 aromatic heterocycles. The van der Waals surface area contributed by atoms with Gasteiger partial charge in [-0.25, -0.2) is 0 Å². The van der Waals surface area contributed by atoms with Crippen LogP contribution in [0.25, 0.3) is 0 Å². The molecule has 2 rings (SSSR count). The van der Waals surface area contributed by atoms with E-state index in [1.54, 1.807) is 11.8 Å². The molecule has 0 N–H and O–H groups in total. The molecule has 1 unspecified atom stereocenters. The van der Waals surface area contributed by atoms with Crippen LogP contribution in [0.5, 0.6) is 0 Å². The zero-order valence-electron chi connectivity index (χ0n) is 8.00. The van der Waals surface area contributed by atoms with Gasteiger partial charge in [-0.1, -0.05) is 33.6 Å². The Hall–Kier alpha value is 0.01000. The third-order valence-corrected chi connectivity index (χ3v) is 4.47. The summed E-state index contributed by atoms with van der Waals surface area (Å²) in [6, 6.07) is 5.83. The monoisotopic (exact) mass is 304 g/mol. The van der Waals surface area contributed by atoms with Crippen LogP contribution in [0.2, 0.25) is 5.02 Å². The first-order valence-corrected chi connectivity index (χ1v) is 7.04. The Balaban J connectivity index is 2.13. The van der Waals surface area contributed by atoms with E-state index in [0.717, 1.165) is 27.2 Å². The third kappa shape index (κ3) is 2.77. The van der Waals surface area contributed by atoms with E-state index in [-0.39, 0.29) is 5.92 Å². The van der Waals surface area contributed by atoms with E-state index in [1.807, 2.05) is 18.2 Å². The number of hydrogen-bond acceptors (Lipinski definition) is 2. The van der Waals surface area contributed by atoms with Gasteiger partial charge >= 0.3 is 0 Å². The summed E-state index contributed by atoms with van der Waals surface area (Å²) in [5, 5.41) is 0.745. The van der Waals surface area contributed by atoms with Gasteiger partial charge in [-0.15, -0.1) is 0 Å². The van der Waals surface area contributed by atoms with Gasteiger partial charge in [-0.05, 0) is 24.1 Å². The molecule has 1 saturated heterocycles. The van der Waals surface area contributed by atoms with Gasteiger partial charge in [0.05, 0.1) is 5.75 Å². The lowest BCUT2D eigenvalue weighted by molar-refractivity contribution is -0.119. The van der Waals surface area contributed by atoms with Gasteiger partial charge in [0.15, 0.2) is 0 Å². The average Bonchev–Trinajstić information content (AvgIpc) is 2.57. The molecular formula is C11H10BrClOS. The van der Waals surface area contributed by atoms with Crippen molar-refractivity contribution in [1.29, 1.82) is 0 Å². The molecule has 1 atom stereocenters. The summed E-state index contributed by atoms with van der Waals surface area (Å²) in [6.07, 6.45) is 0.776. The Kier molecular flexibility index (Phi) is 3.75. The summed E-state index contributed by atoms with van der Waals surface area (Å²) in [5.74, 6) is 2.12. The maximum Gasteiger partial charge on any atom is 0.146 e. The van der Waals surface area contributed by atoms with Crippen LogP contribution in [0.3, 0.4) is 0 Å². The summed E-state index contributed by atoms with van der Waals surface area (Å²) in [7, 11) is 0. The molecule has 0 amide bonds. The molecule has 1 aliphatic rings. The van der Waals surface area contributed by atoms with Gasteiger partial charge in [0.1, 0.15) is 5.78 Å². The Morgan fingerprint density at radius 1 is 1.53 bits per heavy atom. The molecule has 4 heteroatoms. The van der Waals surface area contributed by atoms with Gasteiger partial charge in [0.2, 0.25) is 0 Å². The molecule has 1 aromatic rings. The number of rotatable bonds is 2. The summed E-state index contributed by atoms with van der Waals surface area (Å²) in [5.41, 5.74) is 1.07. The zero-order valence-corrected chi connectivity index (χ0v) is 11.2. The fraction of sp³-hybridized carbons (Fsp3) is 0.364. The minimum atomic E-state index is 0.161. The summed E-state index contributed by atoms with van der Waals surface area (Å²) in [6.45, 7) is 0. The van der Waals surface area contributed by atoms with Crippen LogP contribution in [0, 0.1) is 5.92 Å². The topological polar surface area (TPSA) is 17.1 Å². The van der Waals surface area contributed by atoms with Crippen LogP contribution >= 0.6 is 39.3 Å². The Morgan fingerprint density at radius 3 is 2.93 bits per heavy atom. The minimum Gasteiger partial charge on any atom is -0.298 e. The predicted octanol–water partition coefficient (Wildman–Crippen LogP) is 3.58. The number of hydrogen-bond donors (Lipinski definition) is 0. The van der Waals surface area contributed by atoms with E-state index in [2.05, 4.69) is 15.9 Å². The third-order valence-electron chi connectivity index (χ3n) is 2.50. The highest BCUT2D eigenvalue weighted by molar-refractivity contribution is 9.10. The maximum atomic E-state index is 11.5. The van der Waals surface area contributed by atoms with Crippen LogP contribution in [0.4, 0.5) is 0 Å². The lowest BCUT2D eigenvalue weighted by Crippen LogP contribution is -2.14. The normalized spacial score (nSPS) is 20.9. The highest BCUT2D eigenvalue weighted by Crippen LogP contribution is 2.28. The molecule has 0 radical (unpaired) electrons. The Bertz CT molecular complexity index is 394. The van der Waals surface area contributed by atoms with Crippen molar-refractivity contribution in [3.05, 3.63) is 33.3 Å². The first-order chi connectivity index (χ1) is 7.16. The maximum absolute atomic E-state index is 11.5. The largest absolute Gasteiger partial charge is 0.298 e. The van der Waals surface area contributed by atoms with E-state index in [9.17, 15) is 4.79 Å². The second kappa shape index (κ2) is 4.89. The molecule has 1 aromatic carbocycles. The van der Waals surface area contributed by atoms with Crippen molar-refractivity contribution in [2.24, 2.45) is 5.92 Å². The first-order valence-electron chi connectivity index (χ1n) is 4.71. The van der Waals surface area contributed by atoms with Crippen molar-refractivity contribution >= 4 is 45.1 Å². The quantitative estimate of drug-likeness (QED) is 0.831. The van der Waals surface area contributed by atoms with E-state index >= 15 is 0 Å². The van der Waals surface area contributed by atoms with Crippen LogP contribution < -0.4 is 0 Å². The van der Waals surface area contributed by atoms with Crippen molar-refractivity contribution < 1.29 is 4.79 Å². The second-order valence-electron chi connectivity index (χ2n) is 3.62. The molecule has 1 nitrogen and oxygen atoms in total. The number of Topliss-reactive ketones (excluding diaryl/α,β-unsaturated/α-hetero) is 1. The molecule has 1 fully saturated rings. The van der Waals surface area contributed by atoms with Gasteiger partial charge in [0, 0.05) is 21.2 Å². The van der Waals surface area contributed by atoms with Crippen molar-refractivity contribution in [2.75, 3.05) is 11.5 Å². The average molecular weight is 306 g/mol. The first kappa shape index (κ1) is 11.5. The van der Waals surface area contributed by atoms with Crippen LogP contribution in [-0.4, -0.2) is 17.3 Å². The van der Waals surface area contributed by atoms with Crippen LogP contribution in [0.15, 0.2) is 22.7 Å². The lowest BCUT2D eigenvalue weighted by atomic mass is 9.98. The summed E-state index contributed by atoms with van der Waals surface area (Å²) >= 11 is 11.2. The number of carbonyl (C=O) groups is 1. The number of halogens is 2. The van der Waals surface area contributed by atoms with Gasteiger partial charge < -0.3 is 0 Å². The number of carbonyl (C=O) groups excluding carboxylic acids is 1. The number of benzene rings is 1. The molecule has 1 heterocycles. The Morgan fingerprint density at radius 2 is 2.33 bits per heavy atom. The number of ketones is 1. The Labute approximate surface area is 107 Å². The predicted molar refractivity (Wildman–Crippen MR) is 68.7 cm³/mol. The van der Waals surface area contributed by atoms with Crippen LogP contribution in [0.1, 0.15) is 5.56 Å². The lowest BCUT2D eigenvalue weighted by Gasteiger charge is -2.09. The summed E-state index contributed by atoms with van der Waals surface area (Å²) < 4.78 is 0.975. The summed E-state index contributed by atoms with van der Waals surface area (Å²) in [4.78, 5) is 11.5. The van der Waals surface area contributed by atoms with Crippen LogP contribution in [-0.2, 0) is 11.2 Å². The van der Waals surface area contributed by atoms with Crippen molar-refractivity contribution in [3.8, 4) is 0 Å². The van der Waals surface area contributed by atoms with E-state index in [4.69, 9.17) is 11.6 Å². The zero-order chi connectivity index (χ0) is 10.8. The van der Waals surface area contributed by atoms with E-state index in [1.165, 1.54) is 0 Å². The highest BCUT2D eigenvalue weighted by atomic mass is 79.9. The van der Waals surface area contributed by atoms with E-state index < -0.39 is 0 Å². The van der Waals surface area contributed by atoms with Crippen molar-refractivity contribution in [1.82, 2.24) is 0 Å². The van der Waals surface area contributed by atoms with Crippen molar-refractivity contribution in [2.45, 2.75) is 6.42 Å². The molecule has 80 valence electrons. The van der Waals surface area contributed by atoms with Gasteiger partial charge in [-0.3, -0.25) is 4.79 Å². The fourth-order valence-electron chi connectivity index (χ4n) is 1.64. The molecule has 0 bridgehead atoms.